The van der Waals surface area contributed by atoms with Crippen molar-refractivity contribution in [3.05, 3.63) is 47.8 Å². The first-order chi connectivity index (χ1) is 10.7. The lowest BCUT2D eigenvalue weighted by atomic mass is 10.0. The van der Waals surface area contributed by atoms with Crippen LogP contribution in [-0.4, -0.2) is 36.0 Å². The number of amides is 1. The normalized spacial score (nSPS) is 12.9. The van der Waals surface area contributed by atoms with Crippen LogP contribution in [0.3, 0.4) is 0 Å². The zero-order chi connectivity index (χ0) is 17.2. The number of aliphatic hydroxyl groups excluding tert-OH is 1. The number of aromatic nitrogens is 1. The van der Waals surface area contributed by atoms with Crippen LogP contribution in [0.25, 0.3) is 5.69 Å². The summed E-state index contributed by atoms with van der Waals surface area (Å²) in [5.41, 5.74) is 2.58. The number of hydrogen-bond donors (Lipinski definition) is 2. The lowest BCUT2D eigenvalue weighted by Crippen LogP contribution is -2.15. The van der Waals surface area contributed by atoms with Crippen LogP contribution in [0.5, 0.6) is 0 Å². The van der Waals surface area contributed by atoms with Gasteiger partial charge in [0.1, 0.15) is 9.84 Å². The molecule has 0 bridgehead atoms. The molecular formula is C16H20N2O4S. The molecule has 23 heavy (non-hydrogen) atoms. The Bertz CT molecular complexity index is 811. The molecule has 6 nitrogen and oxygen atoms in total. The highest BCUT2D eigenvalue weighted by atomic mass is 32.2. The Morgan fingerprint density at radius 2 is 1.91 bits per heavy atom. The van der Waals surface area contributed by atoms with E-state index in [1.54, 1.807) is 12.1 Å². The molecule has 1 amide bonds. The first kappa shape index (κ1) is 17.2. The van der Waals surface area contributed by atoms with Gasteiger partial charge in [-0.1, -0.05) is 0 Å². The van der Waals surface area contributed by atoms with E-state index < -0.39 is 15.9 Å². The number of hydrogen-bond acceptors (Lipinski definition) is 4. The molecule has 0 aliphatic rings. The molecule has 0 saturated carbocycles. The van der Waals surface area contributed by atoms with Crippen LogP contribution in [0.2, 0.25) is 0 Å². The van der Waals surface area contributed by atoms with Crippen molar-refractivity contribution in [2.24, 2.45) is 0 Å². The minimum absolute atomic E-state index is 0.235. The monoisotopic (exact) mass is 336 g/mol. The van der Waals surface area contributed by atoms with Crippen molar-refractivity contribution in [2.75, 3.05) is 17.3 Å². The molecule has 2 N–H and O–H groups in total. The van der Waals surface area contributed by atoms with Crippen LogP contribution < -0.4 is 5.32 Å². The molecular weight excluding hydrogens is 316 g/mol. The molecule has 0 radical (unpaired) electrons. The van der Waals surface area contributed by atoms with Gasteiger partial charge in [-0.3, -0.25) is 4.79 Å². The van der Waals surface area contributed by atoms with E-state index in [1.807, 2.05) is 36.0 Å². The minimum atomic E-state index is -3.33. The average Bonchev–Trinajstić information content (AvgIpc) is 2.92. The maximum atomic E-state index is 11.4. The molecule has 0 aliphatic heterocycles. The minimum Gasteiger partial charge on any atom is -0.387 e. The molecule has 1 heterocycles. The van der Waals surface area contributed by atoms with Crippen LogP contribution in [0.1, 0.15) is 24.2 Å². The summed E-state index contributed by atoms with van der Waals surface area (Å²) in [6.45, 7) is 3.25. The number of carbonyl (C=O) groups is 1. The van der Waals surface area contributed by atoms with E-state index in [9.17, 15) is 18.3 Å². The van der Waals surface area contributed by atoms with E-state index in [-0.39, 0.29) is 11.7 Å². The number of sulfone groups is 1. The summed E-state index contributed by atoms with van der Waals surface area (Å²) in [7, 11) is -3.33. The van der Waals surface area contributed by atoms with Crippen LogP contribution in [0.4, 0.5) is 5.69 Å². The van der Waals surface area contributed by atoms with Gasteiger partial charge in [-0.05, 0) is 42.3 Å². The molecule has 1 unspecified atom stereocenters. The molecule has 2 aromatic rings. The smallest absolute Gasteiger partial charge is 0.221 e. The van der Waals surface area contributed by atoms with Gasteiger partial charge >= 0.3 is 0 Å². The molecule has 7 heteroatoms. The standard InChI is InChI=1S/C16H20N2O4S/c1-11-14(17-12(2)19)8-13(16(20)10-23(3,21)22)9-15(11)18-6-4-5-7-18/h4-9,16,20H,10H2,1-3H3,(H,17,19). The second kappa shape index (κ2) is 6.55. The third-order valence-electron chi connectivity index (χ3n) is 3.44. The molecule has 124 valence electrons. The summed E-state index contributed by atoms with van der Waals surface area (Å²) in [4.78, 5) is 11.4. The Balaban J connectivity index is 2.54. The van der Waals surface area contributed by atoms with Crippen LogP contribution >= 0.6 is 0 Å². The lowest BCUT2D eigenvalue weighted by molar-refractivity contribution is -0.114. The van der Waals surface area contributed by atoms with E-state index in [4.69, 9.17) is 0 Å². The van der Waals surface area contributed by atoms with Gasteiger partial charge in [0, 0.05) is 31.3 Å². The Kier molecular flexibility index (Phi) is 4.91. The summed E-state index contributed by atoms with van der Waals surface area (Å²) in [6, 6.07) is 7.06. The van der Waals surface area contributed by atoms with Gasteiger partial charge in [0.25, 0.3) is 0 Å². The highest BCUT2D eigenvalue weighted by Crippen LogP contribution is 2.29. The second-order valence-electron chi connectivity index (χ2n) is 5.59. The molecule has 1 aromatic carbocycles. The maximum Gasteiger partial charge on any atom is 0.221 e. The SMILES string of the molecule is CC(=O)Nc1cc(C(O)CS(C)(=O)=O)cc(-n2cccc2)c1C. The number of anilines is 1. The number of aliphatic hydroxyl groups is 1. The first-order valence-electron chi connectivity index (χ1n) is 7.08. The second-order valence-corrected chi connectivity index (χ2v) is 7.78. The summed E-state index contributed by atoms with van der Waals surface area (Å²) < 4.78 is 24.7. The van der Waals surface area contributed by atoms with Crippen molar-refractivity contribution >= 4 is 21.4 Å². The first-order valence-corrected chi connectivity index (χ1v) is 9.14. The fourth-order valence-corrected chi connectivity index (χ4v) is 3.14. The Hall–Kier alpha value is -2.12. The zero-order valence-electron chi connectivity index (χ0n) is 13.3. The largest absolute Gasteiger partial charge is 0.387 e. The van der Waals surface area contributed by atoms with Gasteiger partial charge in [0.15, 0.2) is 0 Å². The third kappa shape index (κ3) is 4.43. The van der Waals surface area contributed by atoms with E-state index in [0.717, 1.165) is 17.5 Å². The van der Waals surface area contributed by atoms with Crippen LogP contribution in [0, 0.1) is 6.92 Å². The van der Waals surface area contributed by atoms with Gasteiger partial charge in [0.2, 0.25) is 5.91 Å². The Morgan fingerprint density at radius 3 is 2.43 bits per heavy atom. The lowest BCUT2D eigenvalue weighted by Gasteiger charge is -2.18. The van der Waals surface area contributed by atoms with E-state index in [0.29, 0.717) is 11.3 Å². The van der Waals surface area contributed by atoms with Crippen molar-refractivity contribution in [1.82, 2.24) is 4.57 Å². The number of nitrogens with zero attached hydrogens (tertiary/aromatic N) is 1. The summed E-state index contributed by atoms with van der Waals surface area (Å²) >= 11 is 0. The van der Waals surface area contributed by atoms with E-state index in [1.165, 1.54) is 6.92 Å². The van der Waals surface area contributed by atoms with Crippen LogP contribution in [0.15, 0.2) is 36.7 Å². The Morgan fingerprint density at radius 1 is 1.30 bits per heavy atom. The summed E-state index contributed by atoms with van der Waals surface area (Å²) in [6.07, 6.45) is 3.60. The van der Waals surface area contributed by atoms with Crippen molar-refractivity contribution in [2.45, 2.75) is 20.0 Å². The quantitative estimate of drug-likeness (QED) is 0.872. The molecule has 0 fully saturated rings. The average molecular weight is 336 g/mol. The predicted molar refractivity (Wildman–Crippen MR) is 89.5 cm³/mol. The van der Waals surface area contributed by atoms with E-state index in [2.05, 4.69) is 5.32 Å². The van der Waals surface area contributed by atoms with Gasteiger partial charge < -0.3 is 15.0 Å². The fourth-order valence-electron chi connectivity index (χ4n) is 2.38. The molecule has 0 spiro atoms. The number of rotatable bonds is 5. The highest BCUT2D eigenvalue weighted by Gasteiger charge is 2.18. The summed E-state index contributed by atoms with van der Waals surface area (Å²) in [5.74, 6) is -0.609. The topological polar surface area (TPSA) is 88.4 Å². The predicted octanol–water partition coefficient (Wildman–Crippen LogP) is 1.82. The number of carbonyl (C=O) groups excluding carboxylic acids is 1. The van der Waals surface area contributed by atoms with Crippen molar-refractivity contribution in [1.29, 1.82) is 0 Å². The Labute approximate surface area is 135 Å². The van der Waals surface area contributed by atoms with Gasteiger partial charge in [0.05, 0.1) is 17.5 Å². The molecule has 2 rings (SSSR count). The fraction of sp³-hybridized carbons (Fsp3) is 0.312. The molecule has 1 aromatic heterocycles. The molecule has 0 aliphatic carbocycles. The molecule has 1 atom stereocenters. The highest BCUT2D eigenvalue weighted by molar-refractivity contribution is 7.90. The van der Waals surface area contributed by atoms with Crippen molar-refractivity contribution in [3.8, 4) is 5.69 Å². The van der Waals surface area contributed by atoms with Gasteiger partial charge in [-0.2, -0.15) is 0 Å². The number of nitrogens with one attached hydrogen (secondary N) is 1. The van der Waals surface area contributed by atoms with Crippen molar-refractivity contribution < 1.29 is 18.3 Å². The van der Waals surface area contributed by atoms with Gasteiger partial charge in [-0.25, -0.2) is 8.42 Å². The van der Waals surface area contributed by atoms with Gasteiger partial charge in [-0.15, -0.1) is 0 Å². The molecule has 0 saturated heterocycles. The number of benzene rings is 1. The summed E-state index contributed by atoms with van der Waals surface area (Å²) in [5, 5.41) is 12.9. The van der Waals surface area contributed by atoms with E-state index >= 15 is 0 Å². The van der Waals surface area contributed by atoms with Crippen molar-refractivity contribution in [3.63, 3.8) is 0 Å². The van der Waals surface area contributed by atoms with Crippen LogP contribution in [-0.2, 0) is 14.6 Å². The third-order valence-corrected chi connectivity index (χ3v) is 4.36. The maximum absolute atomic E-state index is 11.4. The zero-order valence-corrected chi connectivity index (χ0v) is 14.1.